The van der Waals surface area contributed by atoms with Gasteiger partial charge < -0.3 is 15.5 Å². The van der Waals surface area contributed by atoms with E-state index < -0.39 is 24.5 Å². The SMILES string of the molecule is O=C(N[C@@H](CO)C(=O)O)c1cc(Br)cnc1Cl. The first-order valence-corrected chi connectivity index (χ1v) is 5.58. The second-order valence-corrected chi connectivity index (χ2v) is 4.31. The minimum atomic E-state index is -1.38. The summed E-state index contributed by atoms with van der Waals surface area (Å²) in [5, 5.41) is 19.5. The van der Waals surface area contributed by atoms with Crippen LogP contribution in [0.2, 0.25) is 5.15 Å². The van der Waals surface area contributed by atoms with Gasteiger partial charge in [-0.2, -0.15) is 0 Å². The molecule has 0 aliphatic heterocycles. The Morgan fingerprint density at radius 3 is 2.76 bits per heavy atom. The van der Waals surface area contributed by atoms with Crippen molar-refractivity contribution in [3.05, 3.63) is 27.5 Å². The second-order valence-electron chi connectivity index (χ2n) is 3.04. The van der Waals surface area contributed by atoms with Crippen molar-refractivity contribution in [2.45, 2.75) is 6.04 Å². The molecule has 1 heterocycles. The van der Waals surface area contributed by atoms with E-state index in [2.05, 4.69) is 26.2 Å². The monoisotopic (exact) mass is 322 g/mol. The Balaban J connectivity index is 2.89. The smallest absolute Gasteiger partial charge is 0.328 e. The number of nitrogens with one attached hydrogen (secondary N) is 1. The first-order chi connectivity index (χ1) is 7.95. The van der Waals surface area contributed by atoms with Gasteiger partial charge >= 0.3 is 5.97 Å². The second kappa shape index (κ2) is 5.95. The lowest BCUT2D eigenvalue weighted by Crippen LogP contribution is -2.43. The van der Waals surface area contributed by atoms with Crippen LogP contribution in [0.3, 0.4) is 0 Å². The van der Waals surface area contributed by atoms with Crippen LogP contribution in [0.5, 0.6) is 0 Å². The molecule has 0 aliphatic rings. The molecule has 8 heteroatoms. The molecule has 0 saturated carbocycles. The number of amides is 1. The normalized spacial score (nSPS) is 11.9. The number of halogens is 2. The average molecular weight is 324 g/mol. The molecule has 6 nitrogen and oxygen atoms in total. The molecule has 17 heavy (non-hydrogen) atoms. The van der Waals surface area contributed by atoms with E-state index in [1.807, 2.05) is 0 Å². The molecule has 0 spiro atoms. The van der Waals surface area contributed by atoms with E-state index in [-0.39, 0.29) is 10.7 Å². The summed E-state index contributed by atoms with van der Waals surface area (Å²) in [5.41, 5.74) is 0.0285. The number of carboxylic acids is 1. The number of aromatic nitrogens is 1. The number of rotatable bonds is 4. The highest BCUT2D eigenvalue weighted by atomic mass is 79.9. The molecule has 0 fully saturated rings. The Bertz CT molecular complexity index is 455. The van der Waals surface area contributed by atoms with Gasteiger partial charge in [-0.25, -0.2) is 9.78 Å². The molecule has 0 bridgehead atoms. The topological polar surface area (TPSA) is 99.5 Å². The molecule has 0 aromatic carbocycles. The van der Waals surface area contributed by atoms with Crippen LogP contribution in [0.4, 0.5) is 0 Å². The summed E-state index contributed by atoms with van der Waals surface area (Å²) in [7, 11) is 0. The van der Waals surface area contributed by atoms with Gasteiger partial charge in [0.15, 0.2) is 6.04 Å². The lowest BCUT2D eigenvalue weighted by Gasteiger charge is -2.12. The highest BCUT2D eigenvalue weighted by molar-refractivity contribution is 9.10. The third kappa shape index (κ3) is 3.65. The van der Waals surface area contributed by atoms with E-state index in [0.717, 1.165) is 0 Å². The zero-order chi connectivity index (χ0) is 13.0. The van der Waals surface area contributed by atoms with Crippen molar-refractivity contribution in [2.75, 3.05) is 6.61 Å². The molecule has 1 rings (SSSR count). The van der Waals surface area contributed by atoms with Gasteiger partial charge in [-0.05, 0) is 22.0 Å². The summed E-state index contributed by atoms with van der Waals surface area (Å²) in [4.78, 5) is 26.0. The average Bonchev–Trinajstić information content (AvgIpc) is 2.28. The minimum Gasteiger partial charge on any atom is -0.480 e. The summed E-state index contributed by atoms with van der Waals surface area (Å²) in [6.45, 7) is -0.708. The van der Waals surface area contributed by atoms with Crippen LogP contribution < -0.4 is 5.32 Å². The lowest BCUT2D eigenvalue weighted by molar-refractivity contribution is -0.140. The number of aliphatic carboxylic acids is 1. The van der Waals surface area contributed by atoms with Gasteiger partial charge in [0.05, 0.1) is 12.2 Å². The molecular formula is C9H8BrClN2O4. The third-order valence-corrected chi connectivity index (χ3v) is 2.57. The highest BCUT2D eigenvalue weighted by Crippen LogP contribution is 2.17. The maximum Gasteiger partial charge on any atom is 0.328 e. The van der Waals surface area contributed by atoms with Crippen LogP contribution in [0.25, 0.3) is 0 Å². The van der Waals surface area contributed by atoms with Gasteiger partial charge in [0, 0.05) is 10.7 Å². The Kier molecular flexibility index (Phi) is 4.86. The first-order valence-electron chi connectivity index (χ1n) is 4.41. The van der Waals surface area contributed by atoms with Crippen molar-refractivity contribution in [1.82, 2.24) is 10.3 Å². The molecule has 1 atom stereocenters. The Labute approximate surface area is 110 Å². The van der Waals surface area contributed by atoms with Crippen molar-refractivity contribution in [2.24, 2.45) is 0 Å². The lowest BCUT2D eigenvalue weighted by atomic mass is 10.2. The highest BCUT2D eigenvalue weighted by Gasteiger charge is 2.21. The molecule has 0 radical (unpaired) electrons. The molecule has 0 aliphatic carbocycles. The fourth-order valence-corrected chi connectivity index (χ4v) is 1.52. The van der Waals surface area contributed by atoms with E-state index >= 15 is 0 Å². The fourth-order valence-electron chi connectivity index (χ4n) is 1.00. The van der Waals surface area contributed by atoms with Gasteiger partial charge in [0.1, 0.15) is 5.15 Å². The predicted octanol–water partition coefficient (Wildman–Crippen LogP) is 0.673. The number of hydrogen-bond donors (Lipinski definition) is 3. The van der Waals surface area contributed by atoms with Gasteiger partial charge in [0.2, 0.25) is 0 Å². The molecule has 1 aromatic heterocycles. The first kappa shape index (κ1) is 13.9. The number of nitrogens with zero attached hydrogens (tertiary/aromatic N) is 1. The summed E-state index contributed by atoms with van der Waals surface area (Å²) >= 11 is 8.80. The zero-order valence-electron chi connectivity index (χ0n) is 8.35. The van der Waals surface area contributed by atoms with Gasteiger partial charge in [-0.15, -0.1) is 0 Å². The predicted molar refractivity (Wildman–Crippen MR) is 62.9 cm³/mol. The number of hydrogen-bond acceptors (Lipinski definition) is 4. The van der Waals surface area contributed by atoms with Crippen molar-refractivity contribution < 1.29 is 19.8 Å². The number of carbonyl (C=O) groups excluding carboxylic acids is 1. The summed E-state index contributed by atoms with van der Waals surface area (Å²) in [6.07, 6.45) is 1.40. The van der Waals surface area contributed by atoms with Crippen LogP contribution in [0, 0.1) is 0 Å². The third-order valence-electron chi connectivity index (χ3n) is 1.84. The minimum absolute atomic E-state index is 0.0285. The van der Waals surface area contributed by atoms with Crippen LogP contribution in [0.15, 0.2) is 16.7 Å². The summed E-state index contributed by atoms with van der Waals surface area (Å²) in [6, 6.07) is 0.0265. The van der Waals surface area contributed by atoms with Crippen molar-refractivity contribution in [1.29, 1.82) is 0 Å². The Morgan fingerprint density at radius 2 is 2.24 bits per heavy atom. The maximum absolute atomic E-state index is 11.7. The molecule has 1 aromatic rings. The van der Waals surface area contributed by atoms with Crippen LogP contribution >= 0.6 is 27.5 Å². The van der Waals surface area contributed by atoms with Crippen molar-refractivity contribution >= 4 is 39.4 Å². The zero-order valence-corrected chi connectivity index (χ0v) is 10.7. The number of carbonyl (C=O) groups is 2. The number of aliphatic hydroxyl groups excluding tert-OH is 1. The van der Waals surface area contributed by atoms with Gasteiger partial charge in [-0.3, -0.25) is 4.79 Å². The van der Waals surface area contributed by atoms with E-state index in [0.29, 0.717) is 4.47 Å². The Hall–Kier alpha value is -1.18. The fraction of sp³-hybridized carbons (Fsp3) is 0.222. The molecule has 1 amide bonds. The maximum atomic E-state index is 11.7. The van der Waals surface area contributed by atoms with E-state index in [4.69, 9.17) is 21.8 Å². The van der Waals surface area contributed by atoms with E-state index in [1.165, 1.54) is 12.3 Å². The molecule has 3 N–H and O–H groups in total. The van der Waals surface area contributed by atoms with Gasteiger partial charge in [0.25, 0.3) is 5.91 Å². The number of carboxylic acid groups (broad SMARTS) is 1. The van der Waals surface area contributed by atoms with Crippen molar-refractivity contribution in [3.8, 4) is 0 Å². The number of pyridine rings is 1. The quantitative estimate of drug-likeness (QED) is 0.707. The van der Waals surface area contributed by atoms with Crippen LogP contribution in [-0.2, 0) is 4.79 Å². The van der Waals surface area contributed by atoms with Crippen LogP contribution in [0.1, 0.15) is 10.4 Å². The molecule has 0 saturated heterocycles. The number of aliphatic hydroxyl groups is 1. The Morgan fingerprint density at radius 1 is 1.59 bits per heavy atom. The molecule has 92 valence electrons. The van der Waals surface area contributed by atoms with Gasteiger partial charge in [-0.1, -0.05) is 11.6 Å². The van der Waals surface area contributed by atoms with E-state index in [9.17, 15) is 9.59 Å². The van der Waals surface area contributed by atoms with Crippen molar-refractivity contribution in [3.63, 3.8) is 0 Å². The molecular weight excluding hydrogens is 315 g/mol. The van der Waals surface area contributed by atoms with E-state index in [1.54, 1.807) is 0 Å². The largest absolute Gasteiger partial charge is 0.480 e. The standard InChI is InChI=1S/C9H8BrClN2O4/c10-4-1-5(7(11)12-2-4)8(15)13-6(3-14)9(16)17/h1-2,6,14H,3H2,(H,13,15)(H,16,17)/t6-/m0/s1. The summed E-state index contributed by atoms with van der Waals surface area (Å²) < 4.78 is 0.530. The van der Waals surface area contributed by atoms with Crippen LogP contribution in [-0.4, -0.2) is 39.7 Å². The molecule has 0 unspecified atom stereocenters. The summed E-state index contributed by atoms with van der Waals surface area (Å²) in [5.74, 6) is -2.05.